The molecule has 2 rings (SSSR count). The van der Waals surface area contributed by atoms with Gasteiger partial charge >= 0.3 is 0 Å². The van der Waals surface area contributed by atoms with Crippen LogP contribution in [0.15, 0.2) is 48.5 Å². The van der Waals surface area contributed by atoms with Crippen molar-refractivity contribution in [2.24, 2.45) is 0 Å². The first kappa shape index (κ1) is 11.0. The molecule has 16 heavy (non-hydrogen) atoms. The Morgan fingerprint density at radius 2 is 1.50 bits per heavy atom. The zero-order valence-corrected chi connectivity index (χ0v) is 10.2. The van der Waals surface area contributed by atoms with E-state index in [0.717, 1.165) is 0 Å². The minimum Gasteiger partial charge on any atom is -0.0819 e. The van der Waals surface area contributed by atoms with Gasteiger partial charge in [-0.1, -0.05) is 73.2 Å². The van der Waals surface area contributed by atoms with E-state index in [4.69, 9.17) is 0 Å². The average Bonchev–Trinajstić information content (AvgIpc) is 2.29. The molecular formula is C15H17B. The van der Waals surface area contributed by atoms with E-state index in [1.165, 1.54) is 22.2 Å². The van der Waals surface area contributed by atoms with Crippen molar-refractivity contribution in [3.63, 3.8) is 0 Å². The van der Waals surface area contributed by atoms with Crippen LogP contribution >= 0.6 is 0 Å². The highest BCUT2D eigenvalue weighted by atomic mass is 14.1. The predicted octanol–water partition coefficient (Wildman–Crippen LogP) is 3.62. The Morgan fingerprint density at radius 1 is 0.812 bits per heavy atom. The fraction of sp³-hybridized carbons (Fsp3) is 0.200. The van der Waals surface area contributed by atoms with E-state index in [1.54, 1.807) is 0 Å². The average molecular weight is 208 g/mol. The van der Waals surface area contributed by atoms with E-state index >= 15 is 0 Å². The largest absolute Gasteiger partial charge is 0.170 e. The molecule has 0 amide bonds. The molecule has 2 aromatic carbocycles. The minimum atomic E-state index is 0.566. The summed E-state index contributed by atoms with van der Waals surface area (Å²) in [5.74, 6) is 0. The van der Waals surface area contributed by atoms with Crippen LogP contribution in [0.1, 0.15) is 5.56 Å². The van der Waals surface area contributed by atoms with Crippen molar-refractivity contribution in [2.75, 3.05) is 0 Å². The summed E-state index contributed by atoms with van der Waals surface area (Å²) in [4.78, 5) is 0. The second-order valence-corrected chi connectivity index (χ2v) is 4.56. The summed E-state index contributed by atoms with van der Waals surface area (Å²) in [6.45, 7) is 7.28. The normalized spacial score (nSPS) is 10.2. The van der Waals surface area contributed by atoms with Gasteiger partial charge < -0.3 is 0 Å². The molecule has 2 aromatic rings. The summed E-state index contributed by atoms with van der Waals surface area (Å²) in [7, 11) is 0. The number of aryl methyl sites for hydroxylation is 1. The smallest absolute Gasteiger partial charge is 0.0819 e. The molecule has 0 radical (unpaired) electrons. The molecule has 0 aromatic heterocycles. The SMILES string of the molecule is CB(C)c1c(C)cccc1-c1ccccc1. The van der Waals surface area contributed by atoms with Gasteiger partial charge in [-0.05, 0) is 18.1 Å². The van der Waals surface area contributed by atoms with Gasteiger partial charge in [-0.15, -0.1) is 0 Å². The van der Waals surface area contributed by atoms with E-state index < -0.39 is 0 Å². The molecule has 0 aliphatic heterocycles. The maximum atomic E-state index is 2.26. The summed E-state index contributed by atoms with van der Waals surface area (Å²) in [6.07, 6.45) is 0. The first-order valence-corrected chi connectivity index (χ1v) is 5.85. The molecule has 0 atom stereocenters. The van der Waals surface area contributed by atoms with Gasteiger partial charge in [0.15, 0.2) is 6.71 Å². The fourth-order valence-electron chi connectivity index (χ4n) is 2.32. The number of benzene rings is 2. The lowest BCUT2D eigenvalue weighted by atomic mass is 9.47. The number of hydrogen-bond donors (Lipinski definition) is 0. The van der Waals surface area contributed by atoms with Crippen LogP contribution in [0, 0.1) is 6.92 Å². The van der Waals surface area contributed by atoms with Crippen molar-refractivity contribution in [1.82, 2.24) is 0 Å². The van der Waals surface area contributed by atoms with E-state index in [-0.39, 0.29) is 0 Å². The Kier molecular flexibility index (Phi) is 3.14. The van der Waals surface area contributed by atoms with Gasteiger partial charge in [0.1, 0.15) is 0 Å². The molecule has 0 N–H and O–H groups in total. The third kappa shape index (κ3) is 2.04. The molecule has 0 bridgehead atoms. The molecule has 0 unspecified atom stereocenters. The van der Waals surface area contributed by atoms with Gasteiger partial charge in [0.25, 0.3) is 0 Å². The molecule has 1 heteroatoms. The third-order valence-electron chi connectivity index (χ3n) is 2.99. The van der Waals surface area contributed by atoms with Gasteiger partial charge in [0.05, 0.1) is 0 Å². The Balaban J connectivity index is 2.61. The second-order valence-electron chi connectivity index (χ2n) is 4.56. The Bertz CT molecular complexity index is 472. The van der Waals surface area contributed by atoms with Crippen LogP contribution in [-0.4, -0.2) is 6.71 Å². The molecule has 80 valence electrons. The summed E-state index contributed by atoms with van der Waals surface area (Å²) < 4.78 is 0. The summed E-state index contributed by atoms with van der Waals surface area (Å²) in [5, 5.41) is 0. The lowest BCUT2D eigenvalue weighted by molar-refractivity contribution is 1.50. The van der Waals surface area contributed by atoms with Crippen LogP contribution in [0.25, 0.3) is 11.1 Å². The molecule has 0 saturated heterocycles. The maximum absolute atomic E-state index is 2.26. The quantitative estimate of drug-likeness (QED) is 0.661. The molecule has 0 aliphatic rings. The van der Waals surface area contributed by atoms with Crippen LogP contribution in [0.3, 0.4) is 0 Å². The van der Waals surface area contributed by atoms with Crippen LogP contribution in [0.2, 0.25) is 13.6 Å². The number of hydrogen-bond acceptors (Lipinski definition) is 0. The van der Waals surface area contributed by atoms with Gasteiger partial charge in [0, 0.05) is 0 Å². The zero-order valence-electron chi connectivity index (χ0n) is 10.2. The first-order chi connectivity index (χ1) is 7.70. The molecular weight excluding hydrogens is 191 g/mol. The van der Waals surface area contributed by atoms with E-state index in [0.29, 0.717) is 6.71 Å². The first-order valence-electron chi connectivity index (χ1n) is 5.85. The highest BCUT2D eigenvalue weighted by molar-refractivity contribution is 6.72. The van der Waals surface area contributed by atoms with E-state index in [9.17, 15) is 0 Å². The van der Waals surface area contributed by atoms with Gasteiger partial charge in [-0.2, -0.15) is 0 Å². The topological polar surface area (TPSA) is 0 Å². The standard InChI is InChI=1S/C15H17B/c1-12-8-7-11-14(15(12)16(2)3)13-9-5-4-6-10-13/h4-11H,1-3H3. The maximum Gasteiger partial charge on any atom is 0.170 e. The monoisotopic (exact) mass is 208 g/mol. The second kappa shape index (κ2) is 4.57. The fourth-order valence-corrected chi connectivity index (χ4v) is 2.32. The van der Waals surface area contributed by atoms with Crippen molar-refractivity contribution in [2.45, 2.75) is 20.6 Å². The number of rotatable bonds is 2. The summed E-state index contributed by atoms with van der Waals surface area (Å²) in [6, 6.07) is 17.2. The van der Waals surface area contributed by atoms with Crippen molar-refractivity contribution < 1.29 is 0 Å². The van der Waals surface area contributed by atoms with Crippen LogP contribution in [-0.2, 0) is 0 Å². The highest BCUT2D eigenvalue weighted by Crippen LogP contribution is 2.18. The lowest BCUT2D eigenvalue weighted by Crippen LogP contribution is -2.27. The predicted molar refractivity (Wildman–Crippen MR) is 73.7 cm³/mol. The molecule has 0 spiro atoms. The van der Waals surface area contributed by atoms with E-state index in [2.05, 4.69) is 69.1 Å². The van der Waals surface area contributed by atoms with Crippen LogP contribution in [0.5, 0.6) is 0 Å². The Labute approximate surface area is 98.4 Å². The highest BCUT2D eigenvalue weighted by Gasteiger charge is 2.12. The van der Waals surface area contributed by atoms with E-state index in [1.807, 2.05) is 0 Å². The lowest BCUT2D eigenvalue weighted by Gasteiger charge is -2.14. The Hall–Kier alpha value is -1.50. The van der Waals surface area contributed by atoms with Crippen LogP contribution in [0.4, 0.5) is 0 Å². The summed E-state index contributed by atoms with van der Waals surface area (Å²) in [5.41, 5.74) is 5.54. The minimum absolute atomic E-state index is 0.566. The molecule has 0 fully saturated rings. The van der Waals surface area contributed by atoms with Crippen molar-refractivity contribution in [3.05, 3.63) is 54.1 Å². The van der Waals surface area contributed by atoms with Gasteiger partial charge in [-0.3, -0.25) is 0 Å². The van der Waals surface area contributed by atoms with Crippen LogP contribution < -0.4 is 5.46 Å². The van der Waals surface area contributed by atoms with Gasteiger partial charge in [-0.25, -0.2) is 0 Å². The summed E-state index contributed by atoms with van der Waals surface area (Å²) >= 11 is 0. The molecule has 0 saturated carbocycles. The third-order valence-corrected chi connectivity index (χ3v) is 2.99. The zero-order chi connectivity index (χ0) is 11.5. The molecule has 0 heterocycles. The van der Waals surface area contributed by atoms with Gasteiger partial charge in [0.2, 0.25) is 0 Å². The molecule has 0 nitrogen and oxygen atoms in total. The van der Waals surface area contributed by atoms with Crippen molar-refractivity contribution in [3.8, 4) is 11.1 Å². The molecule has 0 aliphatic carbocycles. The van der Waals surface area contributed by atoms with Crippen molar-refractivity contribution in [1.29, 1.82) is 0 Å². The Morgan fingerprint density at radius 3 is 2.12 bits per heavy atom. The van der Waals surface area contributed by atoms with Crippen molar-refractivity contribution >= 4 is 12.2 Å².